The van der Waals surface area contributed by atoms with Gasteiger partial charge in [-0.25, -0.2) is 9.97 Å². The van der Waals surface area contributed by atoms with Gasteiger partial charge in [0.2, 0.25) is 0 Å². The van der Waals surface area contributed by atoms with Crippen molar-refractivity contribution in [2.24, 2.45) is 0 Å². The van der Waals surface area contributed by atoms with Gasteiger partial charge in [0.1, 0.15) is 11.6 Å². The zero-order valence-corrected chi connectivity index (χ0v) is 11.1. The average Bonchev–Trinajstić information content (AvgIpc) is 2.37. The van der Waals surface area contributed by atoms with E-state index >= 15 is 0 Å². The van der Waals surface area contributed by atoms with Crippen LogP contribution in [-0.2, 0) is 6.42 Å². The molecule has 0 spiro atoms. The van der Waals surface area contributed by atoms with Gasteiger partial charge >= 0.3 is 0 Å². The predicted octanol–water partition coefficient (Wildman–Crippen LogP) is 3.70. The summed E-state index contributed by atoms with van der Waals surface area (Å²) < 4.78 is 0. The van der Waals surface area contributed by atoms with Crippen molar-refractivity contribution >= 4 is 23.1 Å². The summed E-state index contributed by atoms with van der Waals surface area (Å²) in [6.45, 7) is 1.88. The molecule has 0 saturated heterocycles. The quantitative estimate of drug-likeness (QED) is 0.834. The van der Waals surface area contributed by atoms with Gasteiger partial charge in [0.15, 0.2) is 0 Å². The summed E-state index contributed by atoms with van der Waals surface area (Å²) in [5.41, 5.74) is 2.33. The molecule has 0 atom stereocenters. The van der Waals surface area contributed by atoms with Gasteiger partial charge in [-0.2, -0.15) is 0 Å². The van der Waals surface area contributed by atoms with Gasteiger partial charge < -0.3 is 5.32 Å². The Morgan fingerprint density at radius 1 is 1.28 bits per heavy atom. The van der Waals surface area contributed by atoms with Crippen molar-refractivity contribution in [1.29, 1.82) is 0 Å². The number of hydrogen-bond donors (Lipinski definition) is 1. The third kappa shape index (κ3) is 3.70. The third-order valence-electron chi connectivity index (χ3n) is 2.57. The Bertz CT molecular complexity index is 514. The second-order valence-electron chi connectivity index (χ2n) is 4.11. The van der Waals surface area contributed by atoms with Crippen LogP contribution in [0.15, 0.2) is 36.5 Å². The van der Waals surface area contributed by atoms with E-state index < -0.39 is 0 Å². The molecular weight excluding hydrogens is 246 g/mol. The lowest BCUT2D eigenvalue weighted by atomic mass is 10.1. The van der Waals surface area contributed by atoms with Crippen LogP contribution in [0.2, 0.25) is 0 Å². The first-order chi connectivity index (χ1) is 8.78. The van der Waals surface area contributed by atoms with Gasteiger partial charge in [0.05, 0.1) is 0 Å². The first-order valence-electron chi connectivity index (χ1n) is 5.99. The minimum atomic E-state index is 0.697. The predicted molar refractivity (Wildman–Crippen MR) is 75.5 cm³/mol. The smallest absolute Gasteiger partial charge is 0.134 e. The maximum absolute atomic E-state index is 5.71. The molecule has 0 fully saturated rings. The van der Waals surface area contributed by atoms with Gasteiger partial charge in [0.25, 0.3) is 0 Å². The molecule has 0 saturated carbocycles. The lowest BCUT2D eigenvalue weighted by Gasteiger charge is -2.07. The Hall–Kier alpha value is -1.61. The molecule has 18 heavy (non-hydrogen) atoms. The Labute approximate surface area is 112 Å². The minimum absolute atomic E-state index is 0.697. The Morgan fingerprint density at radius 2 is 2.17 bits per heavy atom. The Balaban J connectivity index is 2.09. The van der Waals surface area contributed by atoms with Crippen molar-refractivity contribution in [2.75, 3.05) is 11.2 Å². The molecule has 4 heteroatoms. The first kappa shape index (κ1) is 12.8. The van der Waals surface area contributed by atoms with Crippen LogP contribution < -0.4 is 5.32 Å². The van der Waals surface area contributed by atoms with Gasteiger partial charge in [-0.15, -0.1) is 11.6 Å². The summed E-state index contributed by atoms with van der Waals surface area (Å²) in [4.78, 5) is 8.39. The number of halogens is 1. The van der Waals surface area contributed by atoms with Crippen molar-refractivity contribution in [3.63, 3.8) is 0 Å². The molecule has 0 unspecified atom stereocenters. The number of aryl methyl sites for hydroxylation is 2. The lowest BCUT2D eigenvalue weighted by molar-refractivity contribution is 0.929. The molecule has 2 aromatic rings. The Kier molecular flexibility index (Phi) is 4.53. The summed E-state index contributed by atoms with van der Waals surface area (Å²) in [5, 5.41) is 3.28. The molecule has 0 aliphatic carbocycles. The van der Waals surface area contributed by atoms with Crippen LogP contribution in [0.25, 0.3) is 0 Å². The van der Waals surface area contributed by atoms with Crippen LogP contribution in [-0.4, -0.2) is 15.8 Å². The van der Waals surface area contributed by atoms with Gasteiger partial charge in [-0.3, -0.25) is 0 Å². The van der Waals surface area contributed by atoms with Gasteiger partial charge in [0, 0.05) is 17.8 Å². The normalized spacial score (nSPS) is 10.3. The number of nitrogens with zero attached hydrogens (tertiary/aromatic N) is 2. The fourth-order valence-electron chi connectivity index (χ4n) is 1.75. The number of nitrogens with one attached hydrogen (secondary N) is 1. The monoisotopic (exact) mass is 261 g/mol. The van der Waals surface area contributed by atoms with E-state index in [0.717, 1.165) is 30.2 Å². The summed E-state index contributed by atoms with van der Waals surface area (Å²) in [6, 6.07) is 10.2. The van der Waals surface area contributed by atoms with Gasteiger partial charge in [-0.1, -0.05) is 12.1 Å². The van der Waals surface area contributed by atoms with Crippen LogP contribution in [0.5, 0.6) is 0 Å². The summed E-state index contributed by atoms with van der Waals surface area (Å²) >= 11 is 5.71. The molecule has 0 amide bonds. The zero-order valence-electron chi connectivity index (χ0n) is 10.4. The van der Waals surface area contributed by atoms with E-state index in [1.54, 1.807) is 6.20 Å². The molecule has 2 rings (SSSR count). The molecule has 0 aliphatic heterocycles. The summed E-state index contributed by atoms with van der Waals surface area (Å²) in [5.74, 6) is 2.28. The SMILES string of the molecule is Cc1nccc(Nc2cccc(CCCCl)c2)n1. The van der Waals surface area contributed by atoms with Crippen molar-refractivity contribution in [3.05, 3.63) is 47.9 Å². The van der Waals surface area contributed by atoms with Crippen LogP contribution in [0.1, 0.15) is 17.8 Å². The lowest BCUT2D eigenvalue weighted by Crippen LogP contribution is -1.97. The molecule has 94 valence electrons. The molecule has 1 heterocycles. The summed E-state index contributed by atoms with van der Waals surface area (Å²) in [7, 11) is 0. The van der Waals surface area contributed by atoms with E-state index in [1.165, 1.54) is 5.56 Å². The highest BCUT2D eigenvalue weighted by Crippen LogP contribution is 2.16. The third-order valence-corrected chi connectivity index (χ3v) is 2.84. The maximum atomic E-state index is 5.71. The highest BCUT2D eigenvalue weighted by Gasteiger charge is 1.99. The Morgan fingerprint density at radius 3 is 2.94 bits per heavy atom. The molecule has 0 aliphatic rings. The fraction of sp³-hybridized carbons (Fsp3) is 0.286. The largest absolute Gasteiger partial charge is 0.340 e. The van der Waals surface area contributed by atoms with Crippen LogP contribution >= 0.6 is 11.6 Å². The second kappa shape index (κ2) is 6.36. The number of alkyl halides is 1. The number of hydrogen-bond acceptors (Lipinski definition) is 3. The topological polar surface area (TPSA) is 37.8 Å². The van der Waals surface area contributed by atoms with Crippen LogP contribution in [0.4, 0.5) is 11.5 Å². The highest BCUT2D eigenvalue weighted by molar-refractivity contribution is 6.17. The average molecular weight is 262 g/mol. The molecular formula is C14H16ClN3. The van der Waals surface area contributed by atoms with E-state index in [1.807, 2.05) is 25.1 Å². The van der Waals surface area contributed by atoms with Crippen molar-refractivity contribution in [2.45, 2.75) is 19.8 Å². The van der Waals surface area contributed by atoms with Gasteiger partial charge in [-0.05, 0) is 43.5 Å². The fourth-order valence-corrected chi connectivity index (χ4v) is 1.88. The second-order valence-corrected chi connectivity index (χ2v) is 4.48. The van der Waals surface area contributed by atoms with E-state index in [0.29, 0.717) is 5.88 Å². The van der Waals surface area contributed by atoms with Crippen molar-refractivity contribution in [1.82, 2.24) is 9.97 Å². The molecule has 3 nitrogen and oxygen atoms in total. The zero-order chi connectivity index (χ0) is 12.8. The molecule has 1 N–H and O–H groups in total. The minimum Gasteiger partial charge on any atom is -0.340 e. The highest BCUT2D eigenvalue weighted by atomic mass is 35.5. The van der Waals surface area contributed by atoms with Crippen molar-refractivity contribution in [3.8, 4) is 0 Å². The van der Waals surface area contributed by atoms with Crippen LogP contribution in [0.3, 0.4) is 0 Å². The molecule has 0 radical (unpaired) electrons. The van der Waals surface area contributed by atoms with E-state index in [4.69, 9.17) is 11.6 Å². The summed E-state index contributed by atoms with van der Waals surface area (Å²) in [6.07, 6.45) is 3.75. The van der Waals surface area contributed by atoms with E-state index in [2.05, 4.69) is 27.4 Å². The molecule has 1 aromatic carbocycles. The standard InChI is InChI=1S/C14H16ClN3/c1-11-16-9-7-14(17-11)18-13-6-2-4-12(10-13)5-3-8-15/h2,4,6-7,9-10H,3,5,8H2,1H3,(H,16,17,18). The van der Waals surface area contributed by atoms with E-state index in [-0.39, 0.29) is 0 Å². The molecule has 1 aromatic heterocycles. The number of benzene rings is 1. The number of aromatic nitrogens is 2. The number of rotatable bonds is 5. The van der Waals surface area contributed by atoms with E-state index in [9.17, 15) is 0 Å². The van der Waals surface area contributed by atoms with Crippen molar-refractivity contribution < 1.29 is 0 Å². The first-order valence-corrected chi connectivity index (χ1v) is 6.53. The maximum Gasteiger partial charge on any atom is 0.134 e. The van der Waals surface area contributed by atoms with Crippen LogP contribution in [0, 0.1) is 6.92 Å². The molecule has 0 bridgehead atoms. The number of anilines is 2.